The van der Waals surface area contributed by atoms with Crippen LogP contribution in [0.5, 0.6) is 5.75 Å². The number of nitrogens with two attached hydrogens (primary N) is 1. The second-order valence-corrected chi connectivity index (χ2v) is 9.80. The van der Waals surface area contributed by atoms with Crippen molar-refractivity contribution in [1.82, 2.24) is 35.2 Å². The van der Waals surface area contributed by atoms with Crippen LogP contribution in [0.3, 0.4) is 0 Å². The van der Waals surface area contributed by atoms with Crippen LogP contribution in [0.1, 0.15) is 60.1 Å². The summed E-state index contributed by atoms with van der Waals surface area (Å²) in [5.74, 6) is 2.92. The van der Waals surface area contributed by atoms with Crippen molar-refractivity contribution in [3.05, 3.63) is 52.9 Å². The molecular weight excluding hydrogens is 472 g/mol. The van der Waals surface area contributed by atoms with E-state index >= 15 is 0 Å². The van der Waals surface area contributed by atoms with Gasteiger partial charge in [0, 0.05) is 43.7 Å². The first kappa shape index (κ1) is 23.8. The van der Waals surface area contributed by atoms with Gasteiger partial charge in [-0.15, -0.1) is 0 Å². The summed E-state index contributed by atoms with van der Waals surface area (Å²) in [6.45, 7) is 2.97. The quantitative estimate of drug-likeness (QED) is 0.331. The smallest absolute Gasteiger partial charge is 0.229 e. The Hall–Kier alpha value is -3.57. The van der Waals surface area contributed by atoms with Crippen molar-refractivity contribution in [2.45, 2.75) is 63.6 Å². The number of fused-ring (bicyclic) bond motifs is 1. The highest BCUT2D eigenvalue weighted by Gasteiger charge is 2.29. The molecule has 1 saturated heterocycles. The standard InChI is InChI=1S/C26H32N8O3/c1-35-22-12-16(13-28-19-8-10-36-11-9-19)2-3-18(22)15-34-24-20(30-26(27)31-21(24)14-29-34)6-7-23-32-25(37-33-23)17-4-5-17/h2-3,12,14,17,19,28H,4-11,13,15H2,1H3,(H2,27,30,31). The first-order valence-electron chi connectivity index (χ1n) is 12.9. The highest BCUT2D eigenvalue weighted by atomic mass is 16.5. The number of rotatable bonds is 10. The lowest BCUT2D eigenvalue weighted by Gasteiger charge is -2.23. The Morgan fingerprint density at radius 2 is 1.97 bits per heavy atom. The number of nitrogens with one attached hydrogen (secondary N) is 1. The van der Waals surface area contributed by atoms with E-state index in [1.165, 1.54) is 5.56 Å². The van der Waals surface area contributed by atoms with Gasteiger partial charge in [0.1, 0.15) is 16.8 Å². The number of aryl methyl sites for hydroxylation is 2. The maximum absolute atomic E-state index is 6.01. The van der Waals surface area contributed by atoms with E-state index in [4.69, 9.17) is 19.7 Å². The van der Waals surface area contributed by atoms with Gasteiger partial charge < -0.3 is 25.0 Å². The van der Waals surface area contributed by atoms with E-state index < -0.39 is 0 Å². The molecule has 0 bridgehead atoms. The maximum atomic E-state index is 6.01. The Labute approximate surface area is 214 Å². The highest BCUT2D eigenvalue weighted by Crippen LogP contribution is 2.38. The van der Waals surface area contributed by atoms with E-state index in [-0.39, 0.29) is 5.95 Å². The van der Waals surface area contributed by atoms with Crippen LogP contribution in [0.2, 0.25) is 0 Å². The number of aromatic nitrogens is 6. The average Bonchev–Trinajstić information content (AvgIpc) is 3.53. The number of benzene rings is 1. The fourth-order valence-corrected chi connectivity index (χ4v) is 4.84. The molecule has 1 aliphatic heterocycles. The van der Waals surface area contributed by atoms with Gasteiger partial charge in [0.25, 0.3) is 0 Å². The molecule has 37 heavy (non-hydrogen) atoms. The molecule has 1 aromatic carbocycles. The molecule has 0 atom stereocenters. The molecule has 4 heterocycles. The Balaban J connectivity index is 1.19. The summed E-state index contributed by atoms with van der Waals surface area (Å²) in [5.41, 5.74) is 10.6. The molecule has 0 amide bonds. The SMILES string of the molecule is COc1cc(CNC2CCOCC2)ccc1Cn1ncc2nc(N)nc(CCc3noc(C4CC4)n3)c21. The molecular formula is C26H32N8O3. The van der Waals surface area contributed by atoms with Crippen molar-refractivity contribution in [3.8, 4) is 5.75 Å². The normalized spacial score (nSPS) is 16.5. The molecule has 1 saturated carbocycles. The molecule has 3 aromatic heterocycles. The lowest BCUT2D eigenvalue weighted by atomic mass is 10.1. The first-order valence-corrected chi connectivity index (χ1v) is 12.9. The van der Waals surface area contributed by atoms with E-state index in [2.05, 4.69) is 48.7 Å². The van der Waals surface area contributed by atoms with Crippen molar-refractivity contribution >= 4 is 17.0 Å². The van der Waals surface area contributed by atoms with Crippen LogP contribution in [0.25, 0.3) is 11.0 Å². The third kappa shape index (κ3) is 5.42. The zero-order chi connectivity index (χ0) is 25.2. The highest BCUT2D eigenvalue weighted by molar-refractivity contribution is 5.78. The molecule has 0 radical (unpaired) electrons. The van der Waals surface area contributed by atoms with Gasteiger partial charge in [0.05, 0.1) is 25.5 Å². The first-order chi connectivity index (χ1) is 18.2. The number of nitrogen functional groups attached to an aromatic ring is 1. The molecule has 0 spiro atoms. The van der Waals surface area contributed by atoms with Crippen molar-refractivity contribution in [1.29, 1.82) is 0 Å². The van der Waals surface area contributed by atoms with Crippen LogP contribution in [-0.2, 0) is 30.7 Å². The molecule has 6 rings (SSSR count). The molecule has 2 fully saturated rings. The molecule has 194 valence electrons. The van der Waals surface area contributed by atoms with E-state index in [0.29, 0.717) is 42.7 Å². The predicted molar refractivity (Wildman–Crippen MR) is 136 cm³/mol. The monoisotopic (exact) mass is 504 g/mol. The van der Waals surface area contributed by atoms with Crippen LogP contribution < -0.4 is 15.8 Å². The number of methoxy groups -OCH3 is 1. The number of ether oxygens (including phenoxy) is 2. The van der Waals surface area contributed by atoms with Crippen LogP contribution in [0.15, 0.2) is 28.9 Å². The second kappa shape index (κ2) is 10.4. The maximum Gasteiger partial charge on any atom is 0.229 e. The van der Waals surface area contributed by atoms with Gasteiger partial charge >= 0.3 is 0 Å². The molecule has 3 N–H and O–H groups in total. The van der Waals surface area contributed by atoms with Gasteiger partial charge in [-0.3, -0.25) is 4.68 Å². The second-order valence-electron chi connectivity index (χ2n) is 9.80. The van der Waals surface area contributed by atoms with E-state index in [1.54, 1.807) is 13.3 Å². The zero-order valence-corrected chi connectivity index (χ0v) is 21.0. The van der Waals surface area contributed by atoms with Crippen molar-refractivity contribution in [2.24, 2.45) is 0 Å². The molecule has 11 nitrogen and oxygen atoms in total. The Morgan fingerprint density at radius 3 is 2.78 bits per heavy atom. The fourth-order valence-electron chi connectivity index (χ4n) is 4.84. The fraction of sp³-hybridized carbons (Fsp3) is 0.500. The average molecular weight is 505 g/mol. The largest absolute Gasteiger partial charge is 0.496 e. The molecule has 11 heteroatoms. The summed E-state index contributed by atoms with van der Waals surface area (Å²) >= 11 is 0. The molecule has 4 aromatic rings. The minimum absolute atomic E-state index is 0.229. The summed E-state index contributed by atoms with van der Waals surface area (Å²) in [6.07, 6.45) is 7.28. The van der Waals surface area contributed by atoms with Gasteiger partial charge in [0.15, 0.2) is 5.82 Å². The number of nitrogens with zero attached hydrogens (tertiary/aromatic N) is 6. The van der Waals surface area contributed by atoms with E-state index in [1.807, 2.05) is 4.68 Å². The van der Waals surface area contributed by atoms with Crippen LogP contribution >= 0.6 is 0 Å². The van der Waals surface area contributed by atoms with Crippen molar-refractivity contribution in [2.75, 3.05) is 26.1 Å². The summed E-state index contributed by atoms with van der Waals surface area (Å²) < 4.78 is 18.5. The minimum Gasteiger partial charge on any atom is -0.496 e. The van der Waals surface area contributed by atoms with E-state index in [9.17, 15) is 0 Å². The lowest BCUT2D eigenvalue weighted by molar-refractivity contribution is 0.0776. The van der Waals surface area contributed by atoms with Gasteiger partial charge in [-0.05, 0) is 43.7 Å². The minimum atomic E-state index is 0.229. The zero-order valence-electron chi connectivity index (χ0n) is 21.0. The van der Waals surface area contributed by atoms with Crippen LogP contribution in [0, 0.1) is 0 Å². The number of hydrogen-bond donors (Lipinski definition) is 2. The molecule has 1 aliphatic carbocycles. The van der Waals surface area contributed by atoms with Crippen molar-refractivity contribution in [3.63, 3.8) is 0 Å². The van der Waals surface area contributed by atoms with Gasteiger partial charge in [-0.1, -0.05) is 17.3 Å². The predicted octanol–water partition coefficient (Wildman–Crippen LogP) is 2.78. The topological polar surface area (TPSA) is 139 Å². The van der Waals surface area contributed by atoms with Gasteiger partial charge in [0.2, 0.25) is 11.8 Å². The van der Waals surface area contributed by atoms with Crippen LogP contribution in [-0.4, -0.2) is 56.3 Å². The summed E-state index contributed by atoms with van der Waals surface area (Å²) in [5, 5.41) is 12.4. The Morgan fingerprint density at radius 1 is 1.11 bits per heavy atom. The van der Waals surface area contributed by atoms with Gasteiger partial charge in [-0.25, -0.2) is 9.97 Å². The molecule has 2 aliphatic rings. The number of hydrogen-bond acceptors (Lipinski definition) is 10. The van der Waals surface area contributed by atoms with Crippen molar-refractivity contribution < 1.29 is 14.0 Å². The summed E-state index contributed by atoms with van der Waals surface area (Å²) in [6, 6.07) is 6.83. The Bertz CT molecular complexity index is 1370. The molecule has 0 unspecified atom stereocenters. The lowest BCUT2D eigenvalue weighted by Crippen LogP contribution is -2.34. The third-order valence-corrected chi connectivity index (χ3v) is 7.06. The summed E-state index contributed by atoms with van der Waals surface area (Å²) in [4.78, 5) is 13.5. The van der Waals surface area contributed by atoms with Crippen LogP contribution in [0.4, 0.5) is 5.95 Å². The van der Waals surface area contributed by atoms with Gasteiger partial charge in [-0.2, -0.15) is 10.1 Å². The van der Waals surface area contributed by atoms with E-state index in [0.717, 1.165) is 73.9 Å². The Kier molecular flexibility index (Phi) is 6.71. The number of anilines is 1. The third-order valence-electron chi connectivity index (χ3n) is 7.06. The summed E-state index contributed by atoms with van der Waals surface area (Å²) in [7, 11) is 1.70.